The Morgan fingerprint density at radius 1 is 1.33 bits per heavy atom. The van der Waals surface area contributed by atoms with Crippen molar-refractivity contribution in [2.24, 2.45) is 17.4 Å². The summed E-state index contributed by atoms with van der Waals surface area (Å²) in [5.74, 6) is 0.332. The van der Waals surface area contributed by atoms with Gasteiger partial charge in [0.15, 0.2) is 6.61 Å². The van der Waals surface area contributed by atoms with Crippen LogP contribution >= 0.6 is 0 Å². The minimum Gasteiger partial charge on any atom is -0.484 e. The van der Waals surface area contributed by atoms with Gasteiger partial charge in [0.2, 0.25) is 5.91 Å². The molecule has 0 spiro atoms. The van der Waals surface area contributed by atoms with Crippen molar-refractivity contribution in [3.05, 3.63) is 24.3 Å². The molecule has 1 aromatic rings. The lowest BCUT2D eigenvalue weighted by Crippen LogP contribution is -2.20. The quantitative estimate of drug-likeness (QED) is 0.637. The van der Waals surface area contributed by atoms with Crippen LogP contribution in [-0.4, -0.2) is 25.0 Å². The third-order valence-electron chi connectivity index (χ3n) is 3.02. The van der Waals surface area contributed by atoms with Gasteiger partial charge in [0.05, 0.1) is 0 Å². The third-order valence-corrected chi connectivity index (χ3v) is 3.02. The van der Waals surface area contributed by atoms with E-state index in [2.05, 4.69) is 12.2 Å². The number of hydrogen-bond donors (Lipinski definition) is 3. The lowest BCUT2D eigenvalue weighted by atomic mass is 10.0. The maximum absolute atomic E-state index is 11.8. The van der Waals surface area contributed by atoms with Crippen molar-refractivity contribution in [3.8, 4) is 5.75 Å². The Balaban J connectivity index is 2.44. The summed E-state index contributed by atoms with van der Waals surface area (Å²) >= 11 is 0. The first kappa shape index (κ1) is 17.0. The highest BCUT2D eigenvalue weighted by Gasteiger charge is 2.07. The highest BCUT2D eigenvalue weighted by Crippen LogP contribution is 2.18. The molecule has 0 aliphatic rings. The average molecular weight is 293 g/mol. The van der Waals surface area contributed by atoms with Gasteiger partial charge in [-0.1, -0.05) is 13.0 Å². The molecule has 0 aliphatic carbocycles. The van der Waals surface area contributed by atoms with Crippen molar-refractivity contribution in [1.29, 1.82) is 0 Å². The van der Waals surface area contributed by atoms with E-state index in [0.29, 0.717) is 30.3 Å². The van der Waals surface area contributed by atoms with Crippen molar-refractivity contribution < 1.29 is 14.3 Å². The van der Waals surface area contributed by atoms with Crippen molar-refractivity contribution >= 4 is 17.5 Å². The molecule has 1 unspecified atom stereocenters. The number of amides is 2. The molecule has 0 radical (unpaired) electrons. The molecule has 5 N–H and O–H groups in total. The van der Waals surface area contributed by atoms with Crippen LogP contribution in [0.4, 0.5) is 5.69 Å². The van der Waals surface area contributed by atoms with Crippen LogP contribution in [0.3, 0.4) is 0 Å². The fraction of sp³-hybridized carbons (Fsp3) is 0.467. The number of nitrogens with two attached hydrogens (primary N) is 2. The van der Waals surface area contributed by atoms with E-state index >= 15 is 0 Å². The fourth-order valence-corrected chi connectivity index (χ4v) is 1.85. The van der Waals surface area contributed by atoms with Crippen LogP contribution in [0.15, 0.2) is 24.3 Å². The summed E-state index contributed by atoms with van der Waals surface area (Å²) in [4.78, 5) is 22.5. The largest absolute Gasteiger partial charge is 0.484 e. The molecule has 1 atom stereocenters. The van der Waals surface area contributed by atoms with E-state index in [0.717, 1.165) is 12.8 Å². The van der Waals surface area contributed by atoms with Gasteiger partial charge in [-0.15, -0.1) is 0 Å². The number of anilines is 1. The number of nitrogens with one attached hydrogen (secondary N) is 1. The minimum atomic E-state index is -0.543. The Labute approximate surface area is 124 Å². The van der Waals surface area contributed by atoms with Crippen LogP contribution in [0.25, 0.3) is 0 Å². The lowest BCUT2D eigenvalue weighted by Gasteiger charge is -2.11. The summed E-state index contributed by atoms with van der Waals surface area (Å²) in [5, 5.41) is 2.80. The molecule has 0 saturated heterocycles. The number of benzene rings is 1. The van der Waals surface area contributed by atoms with E-state index in [1.165, 1.54) is 0 Å². The predicted molar refractivity (Wildman–Crippen MR) is 81.8 cm³/mol. The molecule has 0 aliphatic heterocycles. The molecule has 1 aromatic carbocycles. The molecule has 6 heteroatoms. The number of carbonyl (C=O) groups is 2. The summed E-state index contributed by atoms with van der Waals surface area (Å²) in [6.45, 7) is 2.54. The first-order valence-corrected chi connectivity index (χ1v) is 7.02. The Morgan fingerprint density at radius 3 is 2.76 bits per heavy atom. The number of ether oxygens (including phenoxy) is 1. The van der Waals surface area contributed by atoms with Gasteiger partial charge >= 0.3 is 0 Å². The zero-order chi connectivity index (χ0) is 15.7. The normalized spacial score (nSPS) is 11.7. The van der Waals surface area contributed by atoms with E-state index in [4.69, 9.17) is 16.2 Å². The van der Waals surface area contributed by atoms with Crippen LogP contribution in [-0.2, 0) is 9.59 Å². The number of rotatable bonds is 9. The maximum atomic E-state index is 11.8. The van der Waals surface area contributed by atoms with E-state index in [1.54, 1.807) is 24.3 Å². The van der Waals surface area contributed by atoms with Crippen LogP contribution < -0.4 is 21.5 Å². The van der Waals surface area contributed by atoms with Gasteiger partial charge in [0.25, 0.3) is 5.91 Å². The van der Waals surface area contributed by atoms with E-state index in [1.807, 2.05) is 0 Å². The molecule has 2 amide bonds. The molecular formula is C15H23N3O3. The molecular weight excluding hydrogens is 270 g/mol. The molecule has 0 fully saturated rings. The summed E-state index contributed by atoms with van der Waals surface area (Å²) < 4.78 is 5.18. The van der Waals surface area contributed by atoms with Crippen LogP contribution in [0.1, 0.15) is 26.2 Å². The average Bonchev–Trinajstić information content (AvgIpc) is 2.44. The second kappa shape index (κ2) is 8.97. The Morgan fingerprint density at radius 2 is 2.10 bits per heavy atom. The molecule has 0 heterocycles. The van der Waals surface area contributed by atoms with Gasteiger partial charge < -0.3 is 21.5 Å². The summed E-state index contributed by atoms with van der Waals surface area (Å²) in [7, 11) is 0. The Hall–Kier alpha value is -2.08. The molecule has 1 rings (SSSR count). The van der Waals surface area contributed by atoms with Crippen molar-refractivity contribution in [2.45, 2.75) is 26.2 Å². The zero-order valence-corrected chi connectivity index (χ0v) is 12.3. The Kier molecular flexibility index (Phi) is 7.25. The first-order valence-electron chi connectivity index (χ1n) is 7.02. The van der Waals surface area contributed by atoms with Gasteiger partial charge in [-0.05, 0) is 37.4 Å². The maximum Gasteiger partial charge on any atom is 0.255 e. The number of primary amides is 1. The highest BCUT2D eigenvalue weighted by molar-refractivity contribution is 5.90. The SMILES string of the molecule is CC(CCN)CCC(=O)Nc1cccc(OCC(N)=O)c1. The van der Waals surface area contributed by atoms with Gasteiger partial charge in [0.1, 0.15) is 5.75 Å². The summed E-state index contributed by atoms with van der Waals surface area (Å²) in [5.41, 5.74) is 11.1. The standard InChI is InChI=1S/C15H23N3O3/c1-11(7-8-16)5-6-15(20)18-12-3-2-4-13(9-12)21-10-14(17)19/h2-4,9,11H,5-8,10,16H2,1H3,(H2,17,19)(H,18,20). The minimum absolute atomic E-state index is 0.0501. The van der Waals surface area contributed by atoms with Gasteiger partial charge in [0, 0.05) is 18.2 Å². The van der Waals surface area contributed by atoms with Gasteiger partial charge in [-0.2, -0.15) is 0 Å². The third kappa shape index (κ3) is 7.31. The fourth-order valence-electron chi connectivity index (χ4n) is 1.85. The second-order valence-corrected chi connectivity index (χ2v) is 5.05. The zero-order valence-electron chi connectivity index (χ0n) is 12.3. The molecule has 0 aromatic heterocycles. The molecule has 6 nitrogen and oxygen atoms in total. The van der Waals surface area contributed by atoms with Crippen LogP contribution in [0.5, 0.6) is 5.75 Å². The lowest BCUT2D eigenvalue weighted by molar-refractivity contribution is -0.120. The number of hydrogen-bond acceptors (Lipinski definition) is 4. The smallest absolute Gasteiger partial charge is 0.255 e. The molecule has 0 bridgehead atoms. The summed E-state index contributed by atoms with van der Waals surface area (Å²) in [6, 6.07) is 6.85. The van der Waals surface area contributed by atoms with Gasteiger partial charge in [-0.25, -0.2) is 0 Å². The van der Waals surface area contributed by atoms with E-state index in [9.17, 15) is 9.59 Å². The topological polar surface area (TPSA) is 107 Å². The number of carbonyl (C=O) groups excluding carboxylic acids is 2. The van der Waals surface area contributed by atoms with Crippen LogP contribution in [0.2, 0.25) is 0 Å². The monoisotopic (exact) mass is 293 g/mol. The summed E-state index contributed by atoms with van der Waals surface area (Å²) in [6.07, 6.45) is 2.18. The first-order chi connectivity index (χ1) is 10.0. The van der Waals surface area contributed by atoms with Gasteiger partial charge in [-0.3, -0.25) is 9.59 Å². The molecule has 116 valence electrons. The van der Waals surface area contributed by atoms with Crippen LogP contribution in [0, 0.1) is 5.92 Å². The van der Waals surface area contributed by atoms with Crippen molar-refractivity contribution in [1.82, 2.24) is 0 Å². The van der Waals surface area contributed by atoms with E-state index in [-0.39, 0.29) is 12.5 Å². The second-order valence-electron chi connectivity index (χ2n) is 5.05. The van der Waals surface area contributed by atoms with Crippen molar-refractivity contribution in [3.63, 3.8) is 0 Å². The van der Waals surface area contributed by atoms with Crippen molar-refractivity contribution in [2.75, 3.05) is 18.5 Å². The van der Waals surface area contributed by atoms with E-state index < -0.39 is 5.91 Å². The Bertz CT molecular complexity index is 477. The predicted octanol–water partition coefficient (Wildman–Crippen LogP) is 1.25. The molecule has 21 heavy (non-hydrogen) atoms. The molecule has 0 saturated carbocycles. The highest BCUT2D eigenvalue weighted by atomic mass is 16.5.